The quantitative estimate of drug-likeness (QED) is 0.313. The summed E-state index contributed by atoms with van der Waals surface area (Å²) in [5.74, 6) is 1.42. The van der Waals surface area contributed by atoms with E-state index in [1.54, 1.807) is 6.21 Å². The number of rotatable bonds is 8. The van der Waals surface area contributed by atoms with E-state index < -0.39 is 0 Å². The Hall–Kier alpha value is -2.79. The predicted octanol–water partition coefficient (Wildman–Crippen LogP) is 6.49. The van der Waals surface area contributed by atoms with E-state index in [-0.39, 0.29) is 0 Å². The maximum Gasteiger partial charge on any atom is 0.161 e. The molecule has 0 radical (unpaired) electrons. The molecular formula is C24H25BrN2O2. The number of hydrazone groups is 1. The Kier molecular flexibility index (Phi) is 7.30. The molecule has 0 heterocycles. The Morgan fingerprint density at radius 1 is 0.897 bits per heavy atom. The molecule has 0 aliphatic heterocycles. The largest absolute Gasteiger partial charge is 0.490 e. The minimum atomic E-state index is 0.481. The van der Waals surface area contributed by atoms with E-state index in [1.807, 2.05) is 55.5 Å². The number of nitrogens with one attached hydrogen (secondary N) is 1. The minimum Gasteiger partial charge on any atom is -0.490 e. The third-order valence-electron chi connectivity index (χ3n) is 4.49. The molecule has 3 aromatic carbocycles. The Bertz CT molecular complexity index is 985. The molecule has 0 saturated heterocycles. The van der Waals surface area contributed by atoms with Crippen molar-refractivity contribution in [1.82, 2.24) is 0 Å². The molecule has 150 valence electrons. The highest BCUT2D eigenvalue weighted by molar-refractivity contribution is 9.10. The average molecular weight is 453 g/mol. The SMILES string of the molecule is CCOc1cc(/C=N/Nc2ccc(C)c(C)c2)ccc1OCc1ccc(Br)cc1. The van der Waals surface area contributed by atoms with Gasteiger partial charge >= 0.3 is 0 Å². The second kappa shape index (κ2) is 10.1. The molecule has 3 aromatic rings. The monoisotopic (exact) mass is 452 g/mol. The predicted molar refractivity (Wildman–Crippen MR) is 123 cm³/mol. The number of benzene rings is 3. The van der Waals surface area contributed by atoms with Crippen molar-refractivity contribution >= 4 is 27.8 Å². The smallest absolute Gasteiger partial charge is 0.161 e. The lowest BCUT2D eigenvalue weighted by atomic mass is 10.1. The van der Waals surface area contributed by atoms with Crippen LogP contribution in [0.4, 0.5) is 5.69 Å². The molecule has 3 rings (SSSR count). The Morgan fingerprint density at radius 3 is 2.41 bits per heavy atom. The fourth-order valence-electron chi connectivity index (χ4n) is 2.73. The zero-order valence-electron chi connectivity index (χ0n) is 16.9. The summed E-state index contributed by atoms with van der Waals surface area (Å²) in [6, 6.07) is 20.1. The van der Waals surface area contributed by atoms with Crippen molar-refractivity contribution in [1.29, 1.82) is 0 Å². The number of aryl methyl sites for hydroxylation is 2. The van der Waals surface area contributed by atoms with Gasteiger partial charge in [0.2, 0.25) is 0 Å². The normalized spacial score (nSPS) is 10.9. The number of hydrogen-bond donors (Lipinski definition) is 1. The zero-order chi connectivity index (χ0) is 20.6. The highest BCUT2D eigenvalue weighted by atomic mass is 79.9. The van der Waals surface area contributed by atoms with Gasteiger partial charge in [-0.25, -0.2) is 0 Å². The first-order chi connectivity index (χ1) is 14.0. The molecule has 0 aromatic heterocycles. The first kappa shape index (κ1) is 20.9. The molecule has 0 fully saturated rings. The number of halogens is 1. The molecule has 0 spiro atoms. The molecule has 1 N–H and O–H groups in total. The topological polar surface area (TPSA) is 42.8 Å². The molecule has 0 amide bonds. The van der Waals surface area contributed by atoms with Crippen LogP contribution in [0, 0.1) is 13.8 Å². The molecule has 0 aliphatic rings. The minimum absolute atomic E-state index is 0.481. The van der Waals surface area contributed by atoms with Crippen molar-refractivity contribution in [3.05, 3.63) is 87.4 Å². The molecular weight excluding hydrogens is 428 g/mol. The van der Waals surface area contributed by atoms with Crippen molar-refractivity contribution in [2.45, 2.75) is 27.4 Å². The first-order valence-corrected chi connectivity index (χ1v) is 10.3. The lowest BCUT2D eigenvalue weighted by molar-refractivity contribution is 0.269. The van der Waals surface area contributed by atoms with Crippen LogP contribution in [0.25, 0.3) is 0 Å². The van der Waals surface area contributed by atoms with E-state index in [4.69, 9.17) is 9.47 Å². The molecule has 0 atom stereocenters. The van der Waals surface area contributed by atoms with Gasteiger partial charge < -0.3 is 9.47 Å². The number of anilines is 1. The molecule has 4 nitrogen and oxygen atoms in total. The highest BCUT2D eigenvalue weighted by Crippen LogP contribution is 2.29. The van der Waals surface area contributed by atoms with E-state index in [1.165, 1.54) is 11.1 Å². The maximum atomic E-state index is 5.97. The summed E-state index contributed by atoms with van der Waals surface area (Å²) in [6.45, 7) is 7.19. The fraction of sp³-hybridized carbons (Fsp3) is 0.208. The Morgan fingerprint density at radius 2 is 1.69 bits per heavy atom. The Balaban J connectivity index is 1.67. The molecule has 0 unspecified atom stereocenters. The van der Waals surface area contributed by atoms with Gasteiger partial charge in [0, 0.05) is 4.47 Å². The van der Waals surface area contributed by atoms with E-state index in [9.17, 15) is 0 Å². The third kappa shape index (κ3) is 6.09. The average Bonchev–Trinajstić information content (AvgIpc) is 2.71. The van der Waals surface area contributed by atoms with Crippen LogP contribution in [-0.2, 0) is 6.61 Å². The van der Waals surface area contributed by atoms with Crippen molar-refractivity contribution in [3.8, 4) is 11.5 Å². The van der Waals surface area contributed by atoms with Crippen LogP contribution >= 0.6 is 15.9 Å². The molecule has 5 heteroatoms. The Labute approximate surface area is 180 Å². The van der Waals surface area contributed by atoms with Crippen LogP contribution in [0.1, 0.15) is 29.2 Å². The maximum absolute atomic E-state index is 5.97. The highest BCUT2D eigenvalue weighted by Gasteiger charge is 2.07. The summed E-state index contributed by atoms with van der Waals surface area (Å²) in [6.07, 6.45) is 1.77. The molecule has 0 bridgehead atoms. The fourth-order valence-corrected chi connectivity index (χ4v) is 2.99. The second-order valence-corrected chi connectivity index (χ2v) is 7.64. The van der Waals surface area contributed by atoms with Crippen molar-refractivity contribution in [2.75, 3.05) is 12.0 Å². The van der Waals surface area contributed by atoms with E-state index >= 15 is 0 Å². The van der Waals surface area contributed by atoms with Crippen LogP contribution in [0.15, 0.2) is 70.2 Å². The zero-order valence-corrected chi connectivity index (χ0v) is 18.5. The van der Waals surface area contributed by atoms with Crippen molar-refractivity contribution in [3.63, 3.8) is 0 Å². The number of ether oxygens (including phenoxy) is 2. The number of hydrogen-bond acceptors (Lipinski definition) is 4. The van der Waals surface area contributed by atoms with Gasteiger partial charge in [0.25, 0.3) is 0 Å². The van der Waals surface area contributed by atoms with Crippen molar-refractivity contribution in [2.24, 2.45) is 5.10 Å². The lowest BCUT2D eigenvalue weighted by Crippen LogP contribution is -2.00. The van der Waals surface area contributed by atoms with E-state index in [0.29, 0.717) is 24.7 Å². The van der Waals surface area contributed by atoms with E-state index in [2.05, 4.69) is 52.4 Å². The van der Waals surface area contributed by atoms with Gasteiger partial charge in [-0.05, 0) is 85.5 Å². The lowest BCUT2D eigenvalue weighted by Gasteiger charge is -2.13. The van der Waals surface area contributed by atoms with Crippen LogP contribution in [0.3, 0.4) is 0 Å². The number of nitrogens with zero attached hydrogens (tertiary/aromatic N) is 1. The second-order valence-electron chi connectivity index (χ2n) is 6.72. The standard InChI is InChI=1S/C24H25BrN2O2/c1-4-28-24-14-20(15-26-27-22-11-5-17(2)18(3)13-22)8-12-23(24)29-16-19-6-9-21(25)10-7-19/h5-15,27H,4,16H2,1-3H3/b26-15+. The van der Waals surface area contributed by atoms with Crippen LogP contribution < -0.4 is 14.9 Å². The third-order valence-corrected chi connectivity index (χ3v) is 5.02. The summed E-state index contributed by atoms with van der Waals surface area (Å²) in [5, 5.41) is 4.34. The molecule has 0 aliphatic carbocycles. The van der Waals surface area contributed by atoms with Crippen LogP contribution in [0.5, 0.6) is 11.5 Å². The molecule has 0 saturated carbocycles. The van der Waals surface area contributed by atoms with E-state index in [0.717, 1.165) is 21.3 Å². The van der Waals surface area contributed by atoms with Gasteiger partial charge in [-0.15, -0.1) is 0 Å². The first-order valence-electron chi connectivity index (χ1n) is 9.55. The van der Waals surface area contributed by atoms with Gasteiger partial charge in [0.05, 0.1) is 18.5 Å². The van der Waals surface area contributed by atoms with Gasteiger partial charge in [-0.2, -0.15) is 5.10 Å². The summed E-state index contributed by atoms with van der Waals surface area (Å²) >= 11 is 3.45. The summed E-state index contributed by atoms with van der Waals surface area (Å²) in [7, 11) is 0. The van der Waals surface area contributed by atoms with Crippen LogP contribution in [-0.4, -0.2) is 12.8 Å². The van der Waals surface area contributed by atoms with Gasteiger partial charge in [0.1, 0.15) is 6.61 Å². The van der Waals surface area contributed by atoms with Gasteiger partial charge in [-0.1, -0.05) is 34.1 Å². The molecule has 29 heavy (non-hydrogen) atoms. The van der Waals surface area contributed by atoms with Gasteiger partial charge in [-0.3, -0.25) is 5.43 Å². The summed E-state index contributed by atoms with van der Waals surface area (Å²) in [4.78, 5) is 0. The van der Waals surface area contributed by atoms with Crippen molar-refractivity contribution < 1.29 is 9.47 Å². The van der Waals surface area contributed by atoms with Crippen LogP contribution in [0.2, 0.25) is 0 Å². The van der Waals surface area contributed by atoms with Gasteiger partial charge in [0.15, 0.2) is 11.5 Å². The summed E-state index contributed by atoms with van der Waals surface area (Å²) < 4.78 is 12.8. The summed E-state index contributed by atoms with van der Waals surface area (Å²) in [5.41, 5.74) is 8.56.